The summed E-state index contributed by atoms with van der Waals surface area (Å²) in [6, 6.07) is 0. The fraction of sp³-hybridized carbons (Fsp3) is 0.867. The van der Waals surface area contributed by atoms with E-state index in [1.54, 1.807) is 0 Å². The summed E-state index contributed by atoms with van der Waals surface area (Å²) in [6.45, 7) is 13.1. The van der Waals surface area contributed by atoms with Gasteiger partial charge in [0.05, 0.1) is 11.7 Å². The molecule has 0 aromatic rings. The Morgan fingerprint density at radius 1 is 1.25 bits per heavy atom. The van der Waals surface area contributed by atoms with Crippen LogP contribution < -0.4 is 0 Å². The van der Waals surface area contributed by atoms with Gasteiger partial charge in [0.1, 0.15) is 0 Å². The third-order valence-electron chi connectivity index (χ3n) is 3.24. The fourth-order valence-corrected chi connectivity index (χ4v) is 2.17. The van der Waals surface area contributed by atoms with Crippen LogP contribution in [0, 0.1) is 17.8 Å². The Balaban J connectivity index is 4.53. The largest absolute Gasteiger partial charge is 0.372 e. The van der Waals surface area contributed by atoms with Crippen LogP contribution in [0.5, 0.6) is 0 Å². The normalized spacial score (nSPS) is 17.6. The van der Waals surface area contributed by atoms with Gasteiger partial charge in [-0.3, -0.25) is 0 Å². The molecule has 0 N–H and O–H groups in total. The quantitative estimate of drug-likeness (QED) is 0.582. The molecule has 1 nitrogen and oxygen atoms in total. The molecule has 0 saturated heterocycles. The van der Waals surface area contributed by atoms with Gasteiger partial charge < -0.3 is 4.74 Å². The molecule has 1 heteroatoms. The minimum absolute atomic E-state index is 0.0459. The van der Waals surface area contributed by atoms with E-state index in [-0.39, 0.29) is 11.0 Å². The van der Waals surface area contributed by atoms with Crippen LogP contribution in [-0.4, -0.2) is 11.7 Å². The SMILES string of the molecule is C#CCC(C)(C)CC(C)(CC)O[C@H](C)CC. The standard InChI is InChI=1S/C15H28O/c1-8-11-14(5,6)12-15(7,10-3)16-13(4)9-2/h1,13H,9-12H2,2-7H3/t13-,15?/m1/s1. The third-order valence-corrected chi connectivity index (χ3v) is 3.24. The van der Waals surface area contributed by atoms with E-state index in [1.165, 1.54) is 0 Å². The maximum Gasteiger partial charge on any atom is 0.0661 e. The highest BCUT2D eigenvalue weighted by Gasteiger charge is 2.32. The van der Waals surface area contributed by atoms with Gasteiger partial charge in [0.2, 0.25) is 0 Å². The predicted octanol–water partition coefficient (Wildman–Crippen LogP) is 4.41. The van der Waals surface area contributed by atoms with E-state index in [1.807, 2.05) is 0 Å². The molecule has 0 heterocycles. The zero-order valence-corrected chi connectivity index (χ0v) is 11.9. The van der Waals surface area contributed by atoms with Crippen LogP contribution >= 0.6 is 0 Å². The van der Waals surface area contributed by atoms with Gasteiger partial charge in [0.15, 0.2) is 0 Å². The maximum atomic E-state index is 6.15. The highest BCUT2D eigenvalue weighted by Crippen LogP contribution is 2.35. The Bertz CT molecular complexity index is 236. The average molecular weight is 224 g/mol. The van der Waals surface area contributed by atoms with Crippen molar-refractivity contribution in [2.75, 3.05) is 0 Å². The van der Waals surface area contributed by atoms with Gasteiger partial charge >= 0.3 is 0 Å². The van der Waals surface area contributed by atoms with E-state index in [0.29, 0.717) is 6.10 Å². The van der Waals surface area contributed by atoms with Crippen LogP contribution in [0.25, 0.3) is 0 Å². The van der Waals surface area contributed by atoms with Crippen molar-refractivity contribution < 1.29 is 4.74 Å². The summed E-state index contributed by atoms with van der Waals surface area (Å²) in [7, 11) is 0. The maximum absolute atomic E-state index is 6.15. The molecule has 16 heavy (non-hydrogen) atoms. The molecule has 0 rings (SSSR count). The van der Waals surface area contributed by atoms with Gasteiger partial charge in [-0.2, -0.15) is 0 Å². The van der Waals surface area contributed by atoms with E-state index in [2.05, 4.69) is 47.5 Å². The van der Waals surface area contributed by atoms with Crippen LogP contribution in [0.2, 0.25) is 0 Å². The van der Waals surface area contributed by atoms with Crippen molar-refractivity contribution in [3.05, 3.63) is 0 Å². The van der Waals surface area contributed by atoms with Crippen LogP contribution in [0.3, 0.4) is 0 Å². The summed E-state index contributed by atoms with van der Waals surface area (Å²) < 4.78 is 6.15. The van der Waals surface area contributed by atoms with Crippen molar-refractivity contribution in [3.8, 4) is 12.3 Å². The number of hydrogen-bond acceptors (Lipinski definition) is 1. The van der Waals surface area contributed by atoms with Gasteiger partial charge in [-0.1, -0.05) is 27.7 Å². The summed E-state index contributed by atoms with van der Waals surface area (Å²) in [5.41, 5.74) is 0.114. The van der Waals surface area contributed by atoms with Crippen molar-refractivity contribution in [1.29, 1.82) is 0 Å². The van der Waals surface area contributed by atoms with Gasteiger partial charge in [0.25, 0.3) is 0 Å². The molecular weight excluding hydrogens is 196 g/mol. The Kier molecular flexibility index (Phi) is 6.11. The molecule has 0 aromatic carbocycles. The Morgan fingerprint density at radius 2 is 1.81 bits per heavy atom. The van der Waals surface area contributed by atoms with E-state index in [9.17, 15) is 0 Å². The average Bonchev–Trinajstić information content (AvgIpc) is 2.16. The Labute approximate surface area is 102 Å². The number of rotatable bonds is 7. The monoisotopic (exact) mass is 224 g/mol. The topological polar surface area (TPSA) is 9.23 Å². The molecule has 0 aliphatic heterocycles. The molecular formula is C15H28O. The third kappa shape index (κ3) is 5.56. The van der Waals surface area contributed by atoms with E-state index in [4.69, 9.17) is 11.2 Å². The smallest absolute Gasteiger partial charge is 0.0661 e. The van der Waals surface area contributed by atoms with Gasteiger partial charge in [-0.05, 0) is 38.5 Å². The van der Waals surface area contributed by atoms with Crippen molar-refractivity contribution in [2.45, 2.75) is 78.9 Å². The lowest BCUT2D eigenvalue weighted by atomic mass is 9.77. The van der Waals surface area contributed by atoms with Gasteiger partial charge in [-0.25, -0.2) is 0 Å². The molecule has 0 spiro atoms. The lowest BCUT2D eigenvalue weighted by Crippen LogP contribution is -2.36. The highest BCUT2D eigenvalue weighted by atomic mass is 16.5. The number of hydrogen-bond donors (Lipinski definition) is 0. The van der Waals surface area contributed by atoms with Crippen molar-refractivity contribution in [2.24, 2.45) is 5.41 Å². The molecule has 0 saturated carbocycles. The van der Waals surface area contributed by atoms with E-state index < -0.39 is 0 Å². The zero-order chi connectivity index (χ0) is 12.8. The van der Waals surface area contributed by atoms with Crippen LogP contribution in [0.1, 0.15) is 67.2 Å². The van der Waals surface area contributed by atoms with Crippen LogP contribution in [0.15, 0.2) is 0 Å². The highest BCUT2D eigenvalue weighted by molar-refractivity contribution is 4.94. The first-order valence-electron chi connectivity index (χ1n) is 6.40. The van der Waals surface area contributed by atoms with E-state index >= 15 is 0 Å². The molecule has 0 aromatic heterocycles. The molecule has 2 atom stereocenters. The first kappa shape index (κ1) is 15.5. The lowest BCUT2D eigenvalue weighted by Gasteiger charge is -2.38. The molecule has 0 radical (unpaired) electrons. The zero-order valence-electron chi connectivity index (χ0n) is 11.9. The predicted molar refractivity (Wildman–Crippen MR) is 71.4 cm³/mol. The van der Waals surface area contributed by atoms with Crippen molar-refractivity contribution in [1.82, 2.24) is 0 Å². The van der Waals surface area contributed by atoms with Crippen molar-refractivity contribution in [3.63, 3.8) is 0 Å². The number of ether oxygens (including phenoxy) is 1. The molecule has 0 aliphatic rings. The fourth-order valence-electron chi connectivity index (χ4n) is 2.17. The molecule has 1 unspecified atom stereocenters. The molecule has 0 fully saturated rings. The van der Waals surface area contributed by atoms with Crippen LogP contribution in [-0.2, 0) is 4.74 Å². The second-order valence-corrected chi connectivity index (χ2v) is 5.86. The van der Waals surface area contributed by atoms with Crippen molar-refractivity contribution >= 4 is 0 Å². The summed E-state index contributed by atoms with van der Waals surface area (Å²) in [4.78, 5) is 0. The number of terminal acetylenes is 1. The summed E-state index contributed by atoms with van der Waals surface area (Å²) in [6.07, 6.45) is 9.66. The molecule has 0 aliphatic carbocycles. The summed E-state index contributed by atoms with van der Waals surface area (Å²) in [5, 5.41) is 0. The van der Waals surface area contributed by atoms with E-state index in [0.717, 1.165) is 25.7 Å². The second kappa shape index (κ2) is 6.30. The molecule has 94 valence electrons. The van der Waals surface area contributed by atoms with Gasteiger partial charge in [0, 0.05) is 6.42 Å². The Hall–Kier alpha value is -0.480. The van der Waals surface area contributed by atoms with Crippen LogP contribution in [0.4, 0.5) is 0 Å². The first-order chi connectivity index (χ1) is 7.28. The minimum Gasteiger partial charge on any atom is -0.372 e. The molecule has 0 amide bonds. The minimum atomic E-state index is -0.0459. The first-order valence-corrected chi connectivity index (χ1v) is 6.40. The molecule has 0 bridgehead atoms. The Morgan fingerprint density at radius 3 is 2.19 bits per heavy atom. The summed E-state index contributed by atoms with van der Waals surface area (Å²) >= 11 is 0. The van der Waals surface area contributed by atoms with Gasteiger partial charge in [-0.15, -0.1) is 12.3 Å². The summed E-state index contributed by atoms with van der Waals surface area (Å²) in [5.74, 6) is 2.77. The lowest BCUT2D eigenvalue weighted by molar-refractivity contribution is -0.0995. The second-order valence-electron chi connectivity index (χ2n) is 5.86.